The third-order valence-corrected chi connectivity index (χ3v) is 6.50. The summed E-state index contributed by atoms with van der Waals surface area (Å²) in [5.41, 5.74) is 3.14. The monoisotopic (exact) mass is 518 g/mol. The first kappa shape index (κ1) is 26.9. The molecule has 0 aliphatic carbocycles. The normalized spacial score (nSPS) is 14.0. The van der Waals surface area contributed by atoms with Crippen molar-refractivity contribution in [2.75, 3.05) is 55.4 Å². The molecule has 10 heteroatoms. The highest BCUT2D eigenvalue weighted by Crippen LogP contribution is 2.28. The van der Waals surface area contributed by atoms with Crippen molar-refractivity contribution in [3.63, 3.8) is 0 Å². The molecule has 2 amide bonds. The molecule has 200 valence electrons. The predicted octanol–water partition coefficient (Wildman–Crippen LogP) is 4.26. The molecule has 0 unspecified atom stereocenters. The highest BCUT2D eigenvalue weighted by Gasteiger charge is 2.28. The van der Waals surface area contributed by atoms with E-state index >= 15 is 0 Å². The maximum absolute atomic E-state index is 13.5. The summed E-state index contributed by atoms with van der Waals surface area (Å²) in [4.78, 5) is 38.6. The van der Waals surface area contributed by atoms with E-state index in [1.165, 1.54) is 4.90 Å². The minimum Gasteiger partial charge on any atom is -0.465 e. The molecule has 1 aliphatic rings. The predicted molar refractivity (Wildman–Crippen MR) is 147 cm³/mol. The standard InChI is InChI=1S/C28H34N6O4/c1-4-29-27-30-18-23-25(31-27)32(2)15-16-34(26(23)35)22-12-8-9-20(17-22)19-38-24(13-14-33(3)28(36)37)21-10-6-5-7-11-21/h5-12,17-18,24H,4,13-16,19H2,1-3H3,(H,36,37)(H,29,30,31)/t24-/m0/s1. The van der Waals surface area contributed by atoms with E-state index in [1.54, 1.807) is 18.1 Å². The maximum Gasteiger partial charge on any atom is 0.407 e. The van der Waals surface area contributed by atoms with Crippen LogP contribution in [0.1, 0.15) is 40.9 Å². The summed E-state index contributed by atoms with van der Waals surface area (Å²) < 4.78 is 6.29. The Morgan fingerprint density at radius 1 is 1.18 bits per heavy atom. The lowest BCUT2D eigenvalue weighted by molar-refractivity contribution is 0.0288. The Bertz CT molecular complexity index is 1260. The molecule has 0 radical (unpaired) electrons. The van der Waals surface area contributed by atoms with Gasteiger partial charge in [-0.05, 0) is 36.6 Å². The third kappa shape index (κ3) is 6.38. The molecule has 0 spiro atoms. The molecule has 1 atom stereocenters. The fourth-order valence-corrected chi connectivity index (χ4v) is 4.34. The summed E-state index contributed by atoms with van der Waals surface area (Å²) in [5, 5.41) is 12.3. The van der Waals surface area contributed by atoms with Crippen LogP contribution in [0.5, 0.6) is 0 Å². The van der Waals surface area contributed by atoms with Crippen LogP contribution in [0, 0.1) is 0 Å². The molecule has 10 nitrogen and oxygen atoms in total. The second-order valence-electron chi connectivity index (χ2n) is 9.21. The SMILES string of the molecule is CCNc1ncc2c(n1)N(C)CCN(c1cccc(CO[C@@H](CCN(C)C(=O)O)c3ccccc3)c1)C2=O. The van der Waals surface area contributed by atoms with E-state index in [0.29, 0.717) is 56.5 Å². The second kappa shape index (κ2) is 12.4. The van der Waals surface area contributed by atoms with Crippen molar-refractivity contribution in [3.05, 3.63) is 77.5 Å². The highest BCUT2D eigenvalue weighted by atomic mass is 16.5. The van der Waals surface area contributed by atoms with E-state index in [1.807, 2.05) is 73.5 Å². The number of likely N-dealkylation sites (N-methyl/N-ethyl adjacent to an activating group) is 1. The van der Waals surface area contributed by atoms with Crippen molar-refractivity contribution in [1.29, 1.82) is 0 Å². The molecule has 0 saturated carbocycles. The van der Waals surface area contributed by atoms with Crippen LogP contribution in [-0.2, 0) is 11.3 Å². The molecule has 1 aliphatic heterocycles. The highest BCUT2D eigenvalue weighted by molar-refractivity contribution is 6.09. The van der Waals surface area contributed by atoms with Crippen LogP contribution >= 0.6 is 0 Å². The van der Waals surface area contributed by atoms with Gasteiger partial charge in [-0.3, -0.25) is 4.79 Å². The summed E-state index contributed by atoms with van der Waals surface area (Å²) >= 11 is 0. The first-order valence-electron chi connectivity index (χ1n) is 12.7. The van der Waals surface area contributed by atoms with Crippen molar-refractivity contribution in [1.82, 2.24) is 14.9 Å². The van der Waals surface area contributed by atoms with Gasteiger partial charge < -0.3 is 29.9 Å². The fraction of sp³-hybridized carbons (Fsp3) is 0.357. The lowest BCUT2D eigenvalue weighted by Crippen LogP contribution is -2.33. The van der Waals surface area contributed by atoms with Gasteiger partial charge in [0.25, 0.3) is 5.91 Å². The van der Waals surface area contributed by atoms with E-state index in [4.69, 9.17) is 4.74 Å². The number of hydrogen-bond donors (Lipinski definition) is 2. The molecular formula is C28H34N6O4. The number of amides is 2. The Hall–Kier alpha value is -4.18. The summed E-state index contributed by atoms with van der Waals surface area (Å²) in [6, 6.07) is 17.5. The molecular weight excluding hydrogens is 484 g/mol. The number of fused-ring (bicyclic) bond motifs is 1. The van der Waals surface area contributed by atoms with Crippen LogP contribution in [0.4, 0.5) is 22.2 Å². The molecule has 0 saturated heterocycles. The Kier molecular flexibility index (Phi) is 8.75. The number of hydrogen-bond acceptors (Lipinski definition) is 7. The number of nitrogens with one attached hydrogen (secondary N) is 1. The lowest BCUT2D eigenvalue weighted by atomic mass is 10.1. The number of carbonyl (C=O) groups is 2. The quantitative estimate of drug-likeness (QED) is 0.410. The van der Waals surface area contributed by atoms with E-state index in [2.05, 4.69) is 15.3 Å². The molecule has 2 N–H and O–H groups in total. The van der Waals surface area contributed by atoms with E-state index < -0.39 is 6.09 Å². The number of carbonyl (C=O) groups excluding carboxylic acids is 1. The first-order valence-corrected chi connectivity index (χ1v) is 12.7. The van der Waals surface area contributed by atoms with Crippen molar-refractivity contribution in [2.24, 2.45) is 0 Å². The average molecular weight is 519 g/mol. The summed E-state index contributed by atoms with van der Waals surface area (Å²) in [5.74, 6) is 0.963. The number of anilines is 3. The van der Waals surface area contributed by atoms with Crippen LogP contribution in [0.25, 0.3) is 0 Å². The smallest absolute Gasteiger partial charge is 0.407 e. The molecule has 2 aromatic carbocycles. The average Bonchev–Trinajstić information content (AvgIpc) is 3.05. The Balaban J connectivity index is 1.51. The summed E-state index contributed by atoms with van der Waals surface area (Å²) in [7, 11) is 3.47. The van der Waals surface area contributed by atoms with Gasteiger partial charge in [-0.1, -0.05) is 42.5 Å². The third-order valence-electron chi connectivity index (χ3n) is 6.50. The van der Waals surface area contributed by atoms with Crippen LogP contribution in [0.2, 0.25) is 0 Å². The van der Waals surface area contributed by atoms with E-state index in [-0.39, 0.29) is 12.0 Å². The van der Waals surface area contributed by atoms with Gasteiger partial charge in [0.1, 0.15) is 11.4 Å². The van der Waals surface area contributed by atoms with Crippen molar-refractivity contribution < 1.29 is 19.4 Å². The van der Waals surface area contributed by atoms with E-state index in [0.717, 1.165) is 16.8 Å². The van der Waals surface area contributed by atoms with Crippen LogP contribution in [-0.4, -0.2) is 72.2 Å². The number of carboxylic acid groups (broad SMARTS) is 1. The van der Waals surface area contributed by atoms with Crippen LogP contribution in [0.15, 0.2) is 60.8 Å². The number of rotatable bonds is 10. The lowest BCUT2D eigenvalue weighted by Gasteiger charge is -2.23. The molecule has 4 rings (SSSR count). The molecule has 2 heterocycles. The zero-order chi connectivity index (χ0) is 27.1. The van der Waals surface area contributed by atoms with Gasteiger partial charge >= 0.3 is 6.09 Å². The molecule has 3 aromatic rings. The van der Waals surface area contributed by atoms with Crippen LogP contribution < -0.4 is 15.1 Å². The first-order chi connectivity index (χ1) is 18.4. The van der Waals surface area contributed by atoms with Gasteiger partial charge in [-0.2, -0.15) is 4.98 Å². The van der Waals surface area contributed by atoms with Gasteiger partial charge in [0.15, 0.2) is 0 Å². The Morgan fingerprint density at radius 2 is 1.97 bits per heavy atom. The molecule has 38 heavy (non-hydrogen) atoms. The number of benzene rings is 2. The second-order valence-corrected chi connectivity index (χ2v) is 9.21. The number of ether oxygens (including phenoxy) is 1. The van der Waals surface area contributed by atoms with Crippen molar-refractivity contribution >= 4 is 29.5 Å². The molecule has 1 aromatic heterocycles. The summed E-state index contributed by atoms with van der Waals surface area (Å²) in [6.07, 6.45) is 0.866. The molecule has 0 fully saturated rings. The number of nitrogens with zero attached hydrogens (tertiary/aromatic N) is 5. The molecule has 0 bridgehead atoms. The van der Waals surface area contributed by atoms with Crippen molar-refractivity contribution in [3.8, 4) is 0 Å². The zero-order valence-electron chi connectivity index (χ0n) is 22.0. The van der Waals surface area contributed by atoms with Gasteiger partial charge in [-0.15, -0.1) is 0 Å². The maximum atomic E-state index is 13.5. The van der Waals surface area contributed by atoms with Gasteiger partial charge in [0.2, 0.25) is 5.95 Å². The van der Waals surface area contributed by atoms with E-state index in [9.17, 15) is 14.7 Å². The largest absolute Gasteiger partial charge is 0.465 e. The Morgan fingerprint density at radius 3 is 2.71 bits per heavy atom. The van der Waals surface area contributed by atoms with Gasteiger partial charge in [-0.25, -0.2) is 9.78 Å². The summed E-state index contributed by atoms with van der Waals surface area (Å²) in [6.45, 7) is 4.45. The van der Waals surface area contributed by atoms with Crippen molar-refractivity contribution in [2.45, 2.75) is 26.1 Å². The fourth-order valence-electron chi connectivity index (χ4n) is 4.34. The minimum atomic E-state index is -0.970. The van der Waals surface area contributed by atoms with Gasteiger partial charge in [0, 0.05) is 52.2 Å². The Labute approximate surface area is 222 Å². The van der Waals surface area contributed by atoms with Crippen LogP contribution in [0.3, 0.4) is 0 Å². The van der Waals surface area contributed by atoms with Gasteiger partial charge in [0.05, 0.1) is 12.7 Å². The zero-order valence-corrected chi connectivity index (χ0v) is 22.0. The number of aromatic nitrogens is 2. The topological polar surface area (TPSA) is 111 Å². The minimum absolute atomic E-state index is 0.149.